The number of Topliss-reactive ketones (excluding diaryl/α,β-unsaturated/α-hetero) is 1. The molecule has 0 unspecified atom stereocenters. The van der Waals surface area contributed by atoms with E-state index in [4.69, 9.17) is 13.7 Å². The SMILES string of the molecule is Cc1ccc(OS(=O)(=O)c2ccc3c(c2)OCCO3)c2c1[C@H](C)CC2=O. The van der Waals surface area contributed by atoms with Gasteiger partial charge in [-0.1, -0.05) is 13.0 Å². The normalized spacial score (nSPS) is 18.5. The predicted octanol–water partition coefficient (Wildman–Crippen LogP) is 3.22. The fourth-order valence-corrected chi connectivity index (χ4v) is 4.48. The summed E-state index contributed by atoms with van der Waals surface area (Å²) in [5.41, 5.74) is 2.20. The zero-order valence-electron chi connectivity index (χ0n) is 14.4. The maximum absolute atomic E-state index is 12.7. The molecule has 2 aromatic rings. The Labute approximate surface area is 151 Å². The second-order valence-electron chi connectivity index (χ2n) is 6.54. The fraction of sp³-hybridized carbons (Fsp3) is 0.316. The van der Waals surface area contributed by atoms with Crippen LogP contribution in [0.15, 0.2) is 35.2 Å². The lowest BCUT2D eigenvalue weighted by Crippen LogP contribution is -2.17. The van der Waals surface area contributed by atoms with Gasteiger partial charge >= 0.3 is 10.1 Å². The van der Waals surface area contributed by atoms with Crippen molar-refractivity contribution in [3.8, 4) is 17.2 Å². The summed E-state index contributed by atoms with van der Waals surface area (Å²) < 4.78 is 41.6. The number of rotatable bonds is 3. The van der Waals surface area contributed by atoms with Crippen LogP contribution in [0.4, 0.5) is 0 Å². The Balaban J connectivity index is 1.73. The van der Waals surface area contributed by atoms with Crippen LogP contribution in [0.2, 0.25) is 0 Å². The molecular formula is C19H18O6S. The summed E-state index contributed by atoms with van der Waals surface area (Å²) in [6.45, 7) is 4.64. The number of benzene rings is 2. The van der Waals surface area contributed by atoms with Gasteiger partial charge in [0, 0.05) is 12.5 Å². The lowest BCUT2D eigenvalue weighted by atomic mass is 9.98. The maximum Gasteiger partial charge on any atom is 0.339 e. The van der Waals surface area contributed by atoms with Gasteiger partial charge in [-0.05, 0) is 42.2 Å². The van der Waals surface area contributed by atoms with Gasteiger partial charge in [0.1, 0.15) is 18.1 Å². The molecule has 26 heavy (non-hydrogen) atoms. The number of hydrogen-bond donors (Lipinski definition) is 0. The van der Waals surface area contributed by atoms with Crippen molar-refractivity contribution < 1.29 is 26.9 Å². The number of aryl methyl sites for hydroxylation is 1. The van der Waals surface area contributed by atoms with Gasteiger partial charge in [0.15, 0.2) is 23.0 Å². The van der Waals surface area contributed by atoms with Crippen molar-refractivity contribution in [2.75, 3.05) is 13.2 Å². The Morgan fingerprint density at radius 3 is 2.58 bits per heavy atom. The molecule has 0 bridgehead atoms. The summed E-state index contributed by atoms with van der Waals surface area (Å²) in [6, 6.07) is 7.64. The Hall–Kier alpha value is -2.54. The van der Waals surface area contributed by atoms with E-state index in [9.17, 15) is 13.2 Å². The molecule has 0 aromatic heterocycles. The maximum atomic E-state index is 12.7. The quantitative estimate of drug-likeness (QED) is 0.768. The molecule has 1 aliphatic heterocycles. The molecule has 2 aromatic carbocycles. The first kappa shape index (κ1) is 16.9. The van der Waals surface area contributed by atoms with E-state index in [1.807, 2.05) is 13.8 Å². The van der Waals surface area contributed by atoms with E-state index >= 15 is 0 Å². The van der Waals surface area contributed by atoms with Gasteiger partial charge in [-0.3, -0.25) is 4.79 Å². The molecule has 0 saturated carbocycles. The Morgan fingerprint density at radius 1 is 1.08 bits per heavy atom. The van der Waals surface area contributed by atoms with Gasteiger partial charge in [-0.15, -0.1) is 0 Å². The summed E-state index contributed by atoms with van der Waals surface area (Å²) in [4.78, 5) is 12.3. The van der Waals surface area contributed by atoms with Crippen molar-refractivity contribution in [2.24, 2.45) is 0 Å². The molecule has 2 aliphatic rings. The van der Waals surface area contributed by atoms with Crippen LogP contribution in [0.5, 0.6) is 17.2 Å². The minimum absolute atomic E-state index is 0.0467. The molecule has 0 N–H and O–H groups in total. The van der Waals surface area contributed by atoms with Gasteiger partial charge in [0.25, 0.3) is 0 Å². The summed E-state index contributed by atoms with van der Waals surface area (Å²) in [5, 5.41) is 0. The number of hydrogen-bond acceptors (Lipinski definition) is 6. The Kier molecular flexibility index (Phi) is 3.91. The highest BCUT2D eigenvalue weighted by Crippen LogP contribution is 2.41. The molecule has 0 spiro atoms. The summed E-state index contributed by atoms with van der Waals surface area (Å²) >= 11 is 0. The van der Waals surface area contributed by atoms with Crippen molar-refractivity contribution in [2.45, 2.75) is 31.1 Å². The largest absolute Gasteiger partial charge is 0.486 e. The predicted molar refractivity (Wildman–Crippen MR) is 93.8 cm³/mol. The molecular weight excluding hydrogens is 356 g/mol. The highest BCUT2D eigenvalue weighted by Gasteiger charge is 2.33. The zero-order chi connectivity index (χ0) is 18.5. The molecule has 0 amide bonds. The lowest BCUT2D eigenvalue weighted by molar-refractivity contribution is 0.0989. The summed E-state index contributed by atoms with van der Waals surface area (Å²) in [5.74, 6) is 0.895. The first-order valence-corrected chi connectivity index (χ1v) is 9.78. The number of ketones is 1. The molecule has 4 rings (SSSR count). The second kappa shape index (κ2) is 6.02. The number of ether oxygens (including phenoxy) is 2. The molecule has 0 saturated heterocycles. The van der Waals surface area contributed by atoms with E-state index in [-0.39, 0.29) is 22.3 Å². The third kappa shape index (κ3) is 2.72. The standard InChI is InChI=1S/C19H18O6S/c1-11-3-5-16(19-14(20)9-12(2)18(11)19)25-26(21,22)13-4-6-15-17(10-13)24-8-7-23-15/h3-6,10,12H,7-9H2,1-2H3/t12-/m1/s1. The molecule has 7 heteroatoms. The van der Waals surface area contributed by atoms with E-state index in [1.54, 1.807) is 12.1 Å². The molecule has 1 heterocycles. The van der Waals surface area contributed by atoms with Crippen LogP contribution in [0.3, 0.4) is 0 Å². The lowest BCUT2D eigenvalue weighted by Gasteiger charge is -2.19. The van der Waals surface area contributed by atoms with Gasteiger partial charge in [-0.25, -0.2) is 0 Å². The van der Waals surface area contributed by atoms with Crippen molar-refractivity contribution in [1.82, 2.24) is 0 Å². The van der Waals surface area contributed by atoms with Crippen LogP contribution in [0.1, 0.15) is 40.7 Å². The first-order valence-electron chi connectivity index (χ1n) is 8.37. The van der Waals surface area contributed by atoms with Gasteiger partial charge in [0.05, 0.1) is 5.56 Å². The van der Waals surface area contributed by atoms with Crippen LogP contribution in [-0.4, -0.2) is 27.4 Å². The monoisotopic (exact) mass is 374 g/mol. The highest BCUT2D eigenvalue weighted by molar-refractivity contribution is 7.87. The molecule has 0 fully saturated rings. The number of fused-ring (bicyclic) bond motifs is 2. The van der Waals surface area contributed by atoms with Gasteiger partial charge < -0.3 is 13.7 Å². The summed E-state index contributed by atoms with van der Waals surface area (Å²) in [6.07, 6.45) is 0.362. The fourth-order valence-electron chi connectivity index (χ4n) is 3.52. The third-order valence-corrected chi connectivity index (χ3v) is 5.92. The Morgan fingerprint density at radius 2 is 1.81 bits per heavy atom. The van der Waals surface area contributed by atoms with Crippen molar-refractivity contribution >= 4 is 15.9 Å². The van der Waals surface area contributed by atoms with E-state index in [2.05, 4.69) is 0 Å². The molecule has 6 nitrogen and oxygen atoms in total. The number of carbonyl (C=O) groups is 1. The second-order valence-corrected chi connectivity index (χ2v) is 8.09. The van der Waals surface area contributed by atoms with E-state index < -0.39 is 10.1 Å². The van der Waals surface area contributed by atoms with Crippen molar-refractivity contribution in [3.63, 3.8) is 0 Å². The summed E-state index contributed by atoms with van der Waals surface area (Å²) in [7, 11) is -4.11. The molecule has 1 aliphatic carbocycles. The molecule has 0 radical (unpaired) electrons. The van der Waals surface area contributed by atoms with E-state index in [0.717, 1.165) is 11.1 Å². The van der Waals surface area contributed by atoms with E-state index in [0.29, 0.717) is 36.7 Å². The third-order valence-electron chi connectivity index (χ3n) is 4.69. The van der Waals surface area contributed by atoms with Gasteiger partial charge in [0.2, 0.25) is 0 Å². The van der Waals surface area contributed by atoms with Crippen LogP contribution < -0.4 is 13.7 Å². The smallest absolute Gasteiger partial charge is 0.339 e. The minimum atomic E-state index is -4.11. The van der Waals surface area contributed by atoms with Crippen LogP contribution >= 0.6 is 0 Å². The van der Waals surface area contributed by atoms with Gasteiger partial charge in [-0.2, -0.15) is 8.42 Å². The Bertz CT molecular complexity index is 1010. The number of carbonyl (C=O) groups excluding carboxylic acids is 1. The van der Waals surface area contributed by atoms with Crippen LogP contribution in [0.25, 0.3) is 0 Å². The van der Waals surface area contributed by atoms with Crippen molar-refractivity contribution in [1.29, 1.82) is 0 Å². The topological polar surface area (TPSA) is 78.9 Å². The van der Waals surface area contributed by atoms with Crippen LogP contribution in [0, 0.1) is 6.92 Å². The first-order chi connectivity index (χ1) is 12.4. The highest BCUT2D eigenvalue weighted by atomic mass is 32.2. The van der Waals surface area contributed by atoms with Crippen molar-refractivity contribution in [3.05, 3.63) is 47.0 Å². The zero-order valence-corrected chi connectivity index (χ0v) is 15.3. The average molecular weight is 374 g/mol. The van der Waals surface area contributed by atoms with E-state index in [1.165, 1.54) is 18.2 Å². The average Bonchev–Trinajstić information content (AvgIpc) is 2.92. The molecule has 136 valence electrons. The minimum Gasteiger partial charge on any atom is -0.486 e. The molecule has 1 atom stereocenters. The van der Waals surface area contributed by atoms with Crippen LogP contribution in [-0.2, 0) is 10.1 Å².